The van der Waals surface area contributed by atoms with Gasteiger partial charge in [0.2, 0.25) is 11.8 Å². The van der Waals surface area contributed by atoms with E-state index in [4.69, 9.17) is 4.74 Å². The number of carbonyl (C=O) groups excluding carboxylic acids is 3. The van der Waals surface area contributed by atoms with E-state index in [1.54, 1.807) is 19.0 Å². The van der Waals surface area contributed by atoms with Crippen LogP contribution in [0.5, 0.6) is 0 Å². The average molecular weight is 313 g/mol. The van der Waals surface area contributed by atoms with Crippen molar-refractivity contribution in [3.63, 3.8) is 0 Å². The fourth-order valence-corrected chi connectivity index (χ4v) is 2.12. The number of likely N-dealkylation sites (N-methyl/N-ethyl adjacent to an activating group) is 1. The summed E-state index contributed by atoms with van der Waals surface area (Å²) >= 11 is 0. The van der Waals surface area contributed by atoms with E-state index < -0.39 is 5.60 Å². The summed E-state index contributed by atoms with van der Waals surface area (Å²) in [6, 6.07) is 0. The van der Waals surface area contributed by atoms with Crippen LogP contribution >= 0.6 is 0 Å². The quantitative estimate of drug-likeness (QED) is 0.837. The summed E-state index contributed by atoms with van der Waals surface area (Å²) in [7, 11) is 3.29. The zero-order valence-electron chi connectivity index (χ0n) is 14.1. The monoisotopic (exact) mass is 313 g/mol. The first-order chi connectivity index (χ1) is 10.1. The normalized spacial score (nSPS) is 16.1. The fourth-order valence-electron chi connectivity index (χ4n) is 2.12. The van der Waals surface area contributed by atoms with Gasteiger partial charge in [-0.15, -0.1) is 0 Å². The van der Waals surface area contributed by atoms with Crippen molar-refractivity contribution in [1.29, 1.82) is 0 Å². The van der Waals surface area contributed by atoms with Gasteiger partial charge in [-0.2, -0.15) is 0 Å². The van der Waals surface area contributed by atoms with Gasteiger partial charge in [-0.3, -0.25) is 9.59 Å². The molecule has 1 rings (SSSR count). The second kappa shape index (κ2) is 7.47. The molecule has 1 N–H and O–H groups in total. The van der Waals surface area contributed by atoms with Crippen LogP contribution in [0.15, 0.2) is 0 Å². The van der Waals surface area contributed by atoms with E-state index in [2.05, 4.69) is 5.32 Å². The minimum atomic E-state index is -0.516. The van der Waals surface area contributed by atoms with Crippen LogP contribution in [0.2, 0.25) is 0 Å². The number of amides is 3. The summed E-state index contributed by atoms with van der Waals surface area (Å²) in [5.41, 5.74) is -0.516. The smallest absolute Gasteiger partial charge is 0.410 e. The molecule has 0 aromatic heterocycles. The maximum absolute atomic E-state index is 12.0. The highest BCUT2D eigenvalue weighted by molar-refractivity contribution is 5.85. The van der Waals surface area contributed by atoms with E-state index in [0.29, 0.717) is 25.9 Å². The van der Waals surface area contributed by atoms with E-state index in [1.165, 1.54) is 4.90 Å². The van der Waals surface area contributed by atoms with Crippen molar-refractivity contribution in [2.75, 3.05) is 33.7 Å². The van der Waals surface area contributed by atoms with Crippen LogP contribution in [0.25, 0.3) is 0 Å². The zero-order chi connectivity index (χ0) is 16.9. The minimum Gasteiger partial charge on any atom is -0.444 e. The fraction of sp³-hybridized carbons (Fsp3) is 0.800. The predicted molar refractivity (Wildman–Crippen MR) is 82.2 cm³/mol. The highest BCUT2D eigenvalue weighted by atomic mass is 16.6. The van der Waals surface area contributed by atoms with Gasteiger partial charge in [0.15, 0.2) is 0 Å². The molecule has 22 heavy (non-hydrogen) atoms. The first-order valence-electron chi connectivity index (χ1n) is 7.56. The van der Waals surface area contributed by atoms with E-state index in [9.17, 15) is 14.4 Å². The molecule has 126 valence electrons. The number of ether oxygens (including phenoxy) is 1. The Bertz CT molecular complexity index is 421. The molecule has 7 nitrogen and oxygen atoms in total. The molecule has 0 radical (unpaired) electrons. The molecule has 0 saturated carbocycles. The highest BCUT2D eigenvalue weighted by Crippen LogP contribution is 2.19. The first kappa shape index (κ1) is 18.3. The largest absolute Gasteiger partial charge is 0.444 e. The molecule has 1 fully saturated rings. The van der Waals surface area contributed by atoms with Crippen molar-refractivity contribution in [2.24, 2.45) is 5.92 Å². The molecular formula is C15H27N3O4. The number of piperidine rings is 1. The van der Waals surface area contributed by atoms with Gasteiger partial charge in [0.25, 0.3) is 0 Å². The molecular weight excluding hydrogens is 286 g/mol. The summed E-state index contributed by atoms with van der Waals surface area (Å²) in [6.45, 7) is 6.48. The molecule has 0 unspecified atom stereocenters. The van der Waals surface area contributed by atoms with Crippen molar-refractivity contribution in [3.05, 3.63) is 0 Å². The molecule has 1 aliphatic rings. The topological polar surface area (TPSA) is 79.0 Å². The van der Waals surface area contributed by atoms with E-state index in [-0.39, 0.29) is 30.4 Å². The first-order valence-corrected chi connectivity index (χ1v) is 7.56. The number of hydrogen-bond acceptors (Lipinski definition) is 4. The summed E-state index contributed by atoms with van der Waals surface area (Å²) < 4.78 is 5.31. The molecule has 3 amide bonds. The van der Waals surface area contributed by atoms with E-state index in [1.807, 2.05) is 20.8 Å². The molecule has 0 aromatic carbocycles. The van der Waals surface area contributed by atoms with Gasteiger partial charge in [-0.05, 0) is 33.6 Å². The summed E-state index contributed by atoms with van der Waals surface area (Å²) in [4.78, 5) is 38.5. The van der Waals surface area contributed by atoms with Gasteiger partial charge in [-0.1, -0.05) is 0 Å². The number of nitrogens with zero attached hydrogens (tertiary/aromatic N) is 2. The van der Waals surface area contributed by atoms with Crippen molar-refractivity contribution in [2.45, 2.75) is 39.2 Å². The van der Waals surface area contributed by atoms with Crippen LogP contribution in [-0.2, 0) is 14.3 Å². The van der Waals surface area contributed by atoms with Crippen LogP contribution in [0, 0.1) is 5.92 Å². The molecule has 1 saturated heterocycles. The maximum Gasteiger partial charge on any atom is 0.410 e. The second-order valence-electron chi connectivity index (χ2n) is 6.75. The number of likely N-dealkylation sites (tertiary alicyclic amines) is 1. The molecule has 0 bridgehead atoms. The lowest BCUT2D eigenvalue weighted by atomic mass is 9.96. The summed E-state index contributed by atoms with van der Waals surface area (Å²) in [5.74, 6) is -0.424. The Morgan fingerprint density at radius 1 is 1.18 bits per heavy atom. The predicted octanol–water partition coefficient (Wildman–Crippen LogP) is 0.838. The molecule has 1 heterocycles. The van der Waals surface area contributed by atoms with Gasteiger partial charge in [0.1, 0.15) is 5.60 Å². The lowest BCUT2D eigenvalue weighted by Crippen LogP contribution is -2.46. The van der Waals surface area contributed by atoms with Crippen LogP contribution < -0.4 is 5.32 Å². The standard InChI is InChI=1S/C15H27N3O4/c1-15(2,3)22-14(21)18-8-6-11(7-9-18)13(20)16-10-12(19)17(4)5/h11H,6-10H2,1-5H3,(H,16,20). The van der Waals surface area contributed by atoms with Crippen LogP contribution in [0.1, 0.15) is 33.6 Å². The van der Waals surface area contributed by atoms with Crippen molar-refractivity contribution < 1.29 is 19.1 Å². The van der Waals surface area contributed by atoms with E-state index >= 15 is 0 Å². The summed E-state index contributed by atoms with van der Waals surface area (Å²) in [6.07, 6.45) is 0.830. The summed E-state index contributed by atoms with van der Waals surface area (Å²) in [5, 5.41) is 2.65. The Morgan fingerprint density at radius 2 is 1.73 bits per heavy atom. The second-order valence-corrected chi connectivity index (χ2v) is 6.75. The molecule has 0 spiro atoms. The lowest BCUT2D eigenvalue weighted by molar-refractivity contribution is -0.132. The van der Waals surface area contributed by atoms with Crippen molar-refractivity contribution in [3.8, 4) is 0 Å². The third-order valence-electron chi connectivity index (χ3n) is 3.43. The third kappa shape index (κ3) is 5.91. The Labute approximate surface area is 132 Å². The minimum absolute atomic E-state index is 0.0120. The van der Waals surface area contributed by atoms with Gasteiger partial charge in [0.05, 0.1) is 6.54 Å². The number of nitrogens with one attached hydrogen (secondary N) is 1. The highest BCUT2D eigenvalue weighted by Gasteiger charge is 2.29. The molecule has 1 aliphatic heterocycles. The van der Waals surface area contributed by atoms with Gasteiger partial charge >= 0.3 is 6.09 Å². The van der Waals surface area contributed by atoms with Crippen molar-refractivity contribution >= 4 is 17.9 Å². The Hall–Kier alpha value is -1.79. The van der Waals surface area contributed by atoms with Crippen LogP contribution in [0.4, 0.5) is 4.79 Å². The molecule has 0 aromatic rings. The third-order valence-corrected chi connectivity index (χ3v) is 3.43. The average Bonchev–Trinajstić information content (AvgIpc) is 2.42. The Morgan fingerprint density at radius 3 is 2.18 bits per heavy atom. The van der Waals surface area contributed by atoms with Crippen molar-refractivity contribution in [1.82, 2.24) is 15.1 Å². The van der Waals surface area contributed by atoms with E-state index in [0.717, 1.165) is 0 Å². The number of carbonyl (C=O) groups is 3. The van der Waals surface area contributed by atoms with Gasteiger partial charge in [-0.25, -0.2) is 4.79 Å². The molecule has 0 atom stereocenters. The molecule has 0 aliphatic carbocycles. The molecule has 7 heteroatoms. The Balaban J connectivity index is 2.37. The number of rotatable bonds is 3. The zero-order valence-corrected chi connectivity index (χ0v) is 14.1. The van der Waals surface area contributed by atoms with Gasteiger partial charge in [0, 0.05) is 33.1 Å². The number of hydrogen-bond donors (Lipinski definition) is 1. The lowest BCUT2D eigenvalue weighted by Gasteiger charge is -2.32. The van der Waals surface area contributed by atoms with Crippen LogP contribution in [0.3, 0.4) is 0 Å². The van der Waals surface area contributed by atoms with Crippen LogP contribution in [-0.4, -0.2) is 67.0 Å². The maximum atomic E-state index is 12.0. The SMILES string of the molecule is CN(C)C(=O)CNC(=O)C1CCN(C(=O)OC(C)(C)C)CC1. The van der Waals surface area contributed by atoms with Gasteiger partial charge < -0.3 is 19.9 Å². The Kier molecular flexibility index (Phi) is 6.20.